The van der Waals surface area contributed by atoms with E-state index in [1.165, 1.54) is 6.08 Å². The third-order valence-electron chi connectivity index (χ3n) is 12.2. The van der Waals surface area contributed by atoms with Crippen molar-refractivity contribution in [2.24, 2.45) is 11.8 Å². The summed E-state index contributed by atoms with van der Waals surface area (Å²) in [5, 5.41) is 80.0. The van der Waals surface area contributed by atoms with Crippen molar-refractivity contribution in [1.29, 1.82) is 0 Å². The third-order valence-corrected chi connectivity index (χ3v) is 13.7. The maximum Gasteiger partial charge on any atom is 0.472 e. The molecule has 0 aromatic rings. The van der Waals surface area contributed by atoms with Crippen LogP contribution in [0.2, 0.25) is 0 Å². The van der Waals surface area contributed by atoms with E-state index in [4.69, 9.17) is 23.0 Å². The fourth-order valence-electron chi connectivity index (χ4n) is 8.22. The minimum absolute atomic E-state index is 0.0307. The van der Waals surface area contributed by atoms with E-state index in [9.17, 15) is 69.1 Å². The summed E-state index contributed by atoms with van der Waals surface area (Å²) in [6.07, 6.45) is 9.17. The van der Waals surface area contributed by atoms with E-state index in [0.29, 0.717) is 38.5 Å². The lowest BCUT2D eigenvalue weighted by atomic mass is 9.82. The molecule has 1 saturated heterocycles. The quantitative estimate of drug-likeness (QED) is 0.0235. The Hall–Kier alpha value is -2.42. The third kappa shape index (κ3) is 27.0. The number of ether oxygens (including phenoxy) is 2. The smallest absolute Gasteiger partial charge is 0.462 e. The van der Waals surface area contributed by atoms with Gasteiger partial charge in [0.05, 0.1) is 37.1 Å². The van der Waals surface area contributed by atoms with Gasteiger partial charge in [-0.25, -0.2) is 9.13 Å². The van der Waals surface area contributed by atoms with Crippen LogP contribution >= 0.6 is 15.6 Å². The maximum atomic E-state index is 13.8. The van der Waals surface area contributed by atoms with Crippen molar-refractivity contribution < 1.29 is 92.2 Å². The van der Waals surface area contributed by atoms with E-state index in [1.54, 1.807) is 0 Å². The molecule has 1 unspecified atom stereocenters. The van der Waals surface area contributed by atoms with Crippen LogP contribution in [0.3, 0.4) is 0 Å². The summed E-state index contributed by atoms with van der Waals surface area (Å²) in [5.74, 6) is -4.42. The van der Waals surface area contributed by atoms with Gasteiger partial charge in [0.15, 0.2) is 6.10 Å². The standard InChI is InChI=1S/C49H84O19P2/c1-3-5-7-8-9-10-11-12-13-14-15-16-17-18-19-20-26-30-43(54)66-37-34-64-42(53)29-25-22-21-24-28-38-40(51)33-41(52)39(32-31-36(50)27-23-6-4-2)45(56)48(67-69(59,60)61)49(47(58)46(57)44(38)55)68-70(62,63)65-35-37/h5,7,9-10,12-13,15-16,31-32,36-41,44-52,55-58H,3-4,6,8,11,14,17-30,33-35H2,1-2H3,(H,62,63)(H2,59,60,61)/b7-5-,10-9-,13-12-,16-15-,32-31+/t36-,37+,38-,39-,40-,41+,44+,45+,46-,47+,48+,49-/m0/s1. The molecule has 1 saturated carbocycles. The van der Waals surface area contributed by atoms with Gasteiger partial charge in [0.2, 0.25) is 0 Å². The van der Waals surface area contributed by atoms with Gasteiger partial charge < -0.3 is 59.9 Å². The molecule has 0 aromatic carbocycles. The summed E-state index contributed by atoms with van der Waals surface area (Å²) < 4.78 is 52.3. The van der Waals surface area contributed by atoms with Gasteiger partial charge in [-0.1, -0.05) is 126 Å². The van der Waals surface area contributed by atoms with Crippen molar-refractivity contribution in [2.75, 3.05) is 13.2 Å². The number of aliphatic hydroxyl groups is 7. The van der Waals surface area contributed by atoms with Crippen molar-refractivity contribution in [1.82, 2.24) is 0 Å². The van der Waals surface area contributed by atoms with Crippen LogP contribution in [0.4, 0.5) is 0 Å². The average molecular weight is 1040 g/mol. The maximum absolute atomic E-state index is 13.8. The Morgan fingerprint density at radius 2 is 1.43 bits per heavy atom. The number of aliphatic hydroxyl groups excluding tert-OH is 7. The van der Waals surface area contributed by atoms with Gasteiger partial charge in [-0.2, -0.15) is 0 Å². The predicted octanol–water partition coefficient (Wildman–Crippen LogP) is 6.22. The van der Waals surface area contributed by atoms with E-state index in [1.807, 2.05) is 6.92 Å². The Labute approximate surface area is 414 Å². The van der Waals surface area contributed by atoms with E-state index in [2.05, 4.69) is 55.5 Å². The zero-order valence-electron chi connectivity index (χ0n) is 41.0. The van der Waals surface area contributed by atoms with E-state index >= 15 is 0 Å². The Kier molecular flexibility index (Phi) is 32.5. The molecule has 1 heterocycles. The van der Waals surface area contributed by atoms with Crippen LogP contribution < -0.4 is 0 Å². The molecule has 21 heteroatoms. The molecule has 0 radical (unpaired) electrons. The highest BCUT2D eigenvalue weighted by Gasteiger charge is 2.51. The molecule has 1 aliphatic carbocycles. The highest BCUT2D eigenvalue weighted by atomic mass is 31.2. The first-order valence-corrected chi connectivity index (χ1v) is 28.1. The molecular formula is C49H84O19P2. The Morgan fingerprint density at radius 3 is 2.09 bits per heavy atom. The van der Waals surface area contributed by atoms with Crippen LogP contribution in [0.15, 0.2) is 60.8 Å². The van der Waals surface area contributed by atoms with Gasteiger partial charge in [-0.15, -0.1) is 0 Å². The van der Waals surface area contributed by atoms with Crippen LogP contribution in [0, 0.1) is 11.8 Å². The lowest BCUT2D eigenvalue weighted by Crippen LogP contribution is -2.56. The number of carbonyl (C=O) groups excluding carboxylic acids is 2. The second kappa shape index (κ2) is 35.7. The van der Waals surface area contributed by atoms with Gasteiger partial charge in [0.1, 0.15) is 31.0 Å². The molecule has 2 rings (SSSR count). The number of phosphoric ester groups is 2. The average Bonchev–Trinajstić information content (AvgIpc) is 3.30. The van der Waals surface area contributed by atoms with E-state index in [-0.39, 0.29) is 32.1 Å². The first kappa shape index (κ1) is 63.7. The monoisotopic (exact) mass is 1040 g/mol. The van der Waals surface area contributed by atoms with Crippen molar-refractivity contribution >= 4 is 27.6 Å². The summed E-state index contributed by atoms with van der Waals surface area (Å²) in [6, 6.07) is 0. The Morgan fingerprint density at radius 1 is 0.786 bits per heavy atom. The fourth-order valence-corrected chi connectivity index (χ4v) is 9.75. The number of phosphoric acid groups is 2. The normalized spacial score (nSPS) is 31.5. The summed E-state index contributed by atoms with van der Waals surface area (Å²) in [7, 11) is -11.4. The number of hydrogen-bond donors (Lipinski definition) is 10. The highest BCUT2D eigenvalue weighted by molar-refractivity contribution is 7.47. The first-order valence-electron chi connectivity index (χ1n) is 25.1. The molecule has 2 fully saturated rings. The Bertz CT molecular complexity index is 1700. The summed E-state index contributed by atoms with van der Waals surface area (Å²) in [5.41, 5.74) is 0. The highest BCUT2D eigenvalue weighted by Crippen LogP contribution is 2.50. The van der Waals surface area contributed by atoms with Gasteiger partial charge in [0.25, 0.3) is 0 Å². The number of unbranched alkanes of at least 4 members (excludes halogenated alkanes) is 6. The lowest BCUT2D eigenvalue weighted by Gasteiger charge is -2.39. The first-order chi connectivity index (χ1) is 33.3. The summed E-state index contributed by atoms with van der Waals surface area (Å²) in [4.78, 5) is 56.9. The molecule has 404 valence electrons. The zero-order valence-corrected chi connectivity index (χ0v) is 42.8. The molecule has 0 aromatic heterocycles. The second-order valence-corrected chi connectivity index (χ2v) is 20.7. The molecule has 0 amide bonds. The zero-order chi connectivity index (χ0) is 52.0. The number of cyclic esters (lactones) is 1. The molecule has 13 atom stereocenters. The molecule has 1 aliphatic heterocycles. The predicted molar refractivity (Wildman–Crippen MR) is 261 cm³/mol. The van der Waals surface area contributed by atoms with E-state index < -0.39 is 120 Å². The minimum atomic E-state index is -5.77. The molecule has 0 spiro atoms. The summed E-state index contributed by atoms with van der Waals surface area (Å²) in [6.45, 7) is 2.46. The van der Waals surface area contributed by atoms with Crippen LogP contribution in [0.25, 0.3) is 0 Å². The molecule has 2 bridgehead atoms. The largest absolute Gasteiger partial charge is 0.472 e. The number of esters is 2. The molecular weight excluding hydrogens is 954 g/mol. The van der Waals surface area contributed by atoms with E-state index in [0.717, 1.165) is 63.9 Å². The van der Waals surface area contributed by atoms with Gasteiger partial charge in [-0.3, -0.25) is 23.2 Å². The topological polar surface area (TPSA) is 317 Å². The second-order valence-electron chi connectivity index (χ2n) is 18.1. The van der Waals surface area contributed by atoms with Crippen LogP contribution in [-0.4, -0.2) is 137 Å². The summed E-state index contributed by atoms with van der Waals surface area (Å²) >= 11 is 0. The van der Waals surface area contributed by atoms with Gasteiger partial charge >= 0.3 is 27.6 Å². The SMILES string of the molecule is CC/C=C\C/C=C\C/C=C\C/C=C\CCCCCCC(=O)O[C@@H]1COC(=O)CCCCCC[C@@H]2[C@@H](O)[C@H](O)[C@@H](O)[C@H](OP(=O)(O)OC1)[C@H](OP(=O)(O)O)[C@H](O)[C@@H](/C=C/[C@@H](O)CCCCC)[C@H](O)C[C@@H]2O. The van der Waals surface area contributed by atoms with Crippen LogP contribution in [0.1, 0.15) is 149 Å². The number of allylic oxidation sites excluding steroid dienone is 8. The van der Waals surface area contributed by atoms with Crippen molar-refractivity contribution in [3.8, 4) is 0 Å². The van der Waals surface area contributed by atoms with Gasteiger partial charge in [-0.05, 0) is 64.2 Å². The fraction of sp³-hybridized carbons (Fsp3) is 0.755. The van der Waals surface area contributed by atoms with Crippen molar-refractivity contribution in [2.45, 2.75) is 210 Å². The molecule has 10 N–H and O–H groups in total. The number of hydrogen-bond acceptors (Lipinski definition) is 16. The Balaban J connectivity index is 2.31. The number of carbonyl (C=O) groups is 2. The molecule has 2 aliphatic rings. The molecule has 70 heavy (non-hydrogen) atoms. The van der Waals surface area contributed by atoms with Crippen molar-refractivity contribution in [3.63, 3.8) is 0 Å². The minimum Gasteiger partial charge on any atom is -0.462 e. The van der Waals surface area contributed by atoms with Crippen LogP contribution in [0.5, 0.6) is 0 Å². The van der Waals surface area contributed by atoms with Gasteiger partial charge in [0, 0.05) is 31.1 Å². The number of fused-ring (bicyclic) bond motifs is 4. The number of rotatable bonds is 23. The molecule has 19 nitrogen and oxygen atoms in total. The van der Waals surface area contributed by atoms with Crippen molar-refractivity contribution in [3.05, 3.63) is 60.8 Å². The van der Waals surface area contributed by atoms with Crippen LogP contribution in [-0.2, 0) is 41.8 Å². The lowest BCUT2D eigenvalue weighted by molar-refractivity contribution is -0.165.